The van der Waals surface area contributed by atoms with Crippen molar-refractivity contribution >= 4 is 5.91 Å². The Kier molecular flexibility index (Phi) is 2.30. The van der Waals surface area contributed by atoms with E-state index in [0.717, 1.165) is 0 Å². The second kappa shape index (κ2) is 3.74. The van der Waals surface area contributed by atoms with E-state index in [0.29, 0.717) is 26.3 Å². The summed E-state index contributed by atoms with van der Waals surface area (Å²) >= 11 is 0. The lowest BCUT2D eigenvalue weighted by atomic mass is 10.1. The summed E-state index contributed by atoms with van der Waals surface area (Å²) in [5, 5.41) is 19.1. The first-order valence-corrected chi connectivity index (χ1v) is 5.63. The minimum atomic E-state index is -0.915. The SMILES string of the molecule is O=C1c2c(O)c(=O)c(O)cn2C[C@H]2COCCN12. The highest BCUT2D eigenvalue weighted by Gasteiger charge is 2.37. The van der Waals surface area contributed by atoms with Gasteiger partial charge in [0.1, 0.15) is 0 Å². The second-order valence-corrected chi connectivity index (χ2v) is 4.42. The lowest BCUT2D eigenvalue weighted by Gasteiger charge is -2.40. The molecule has 1 atom stereocenters. The molecule has 96 valence electrons. The standard InChI is InChI=1S/C11H12N2O5/c14-7-4-12-3-6-5-18-2-1-13(6)11(17)8(12)10(16)9(7)15/h4,6,14,16H,1-3,5H2/t6-/m0/s1. The van der Waals surface area contributed by atoms with Gasteiger partial charge in [-0.2, -0.15) is 0 Å². The molecule has 0 aromatic carbocycles. The molecule has 0 radical (unpaired) electrons. The van der Waals surface area contributed by atoms with E-state index in [4.69, 9.17) is 4.74 Å². The molecule has 0 unspecified atom stereocenters. The van der Waals surface area contributed by atoms with Crippen molar-refractivity contribution in [3.05, 3.63) is 22.1 Å². The lowest BCUT2D eigenvalue weighted by molar-refractivity contribution is -0.0141. The van der Waals surface area contributed by atoms with Crippen LogP contribution in [0.25, 0.3) is 0 Å². The van der Waals surface area contributed by atoms with Gasteiger partial charge in [0.25, 0.3) is 11.3 Å². The molecule has 1 aromatic heterocycles. The number of aromatic hydroxyl groups is 2. The van der Waals surface area contributed by atoms with E-state index in [2.05, 4.69) is 0 Å². The predicted octanol–water partition coefficient (Wildman–Crippen LogP) is -0.886. The molecule has 3 rings (SSSR count). The second-order valence-electron chi connectivity index (χ2n) is 4.42. The van der Waals surface area contributed by atoms with Crippen LogP contribution in [0.4, 0.5) is 0 Å². The molecule has 2 aliphatic rings. The number of aromatic nitrogens is 1. The van der Waals surface area contributed by atoms with Gasteiger partial charge in [0.05, 0.1) is 25.5 Å². The van der Waals surface area contributed by atoms with Crippen LogP contribution >= 0.6 is 0 Å². The quantitative estimate of drug-likeness (QED) is 0.625. The Morgan fingerprint density at radius 1 is 1.33 bits per heavy atom. The molecule has 2 aliphatic heterocycles. The molecule has 0 bridgehead atoms. The van der Waals surface area contributed by atoms with Crippen LogP contribution in [0.3, 0.4) is 0 Å². The van der Waals surface area contributed by atoms with E-state index in [1.807, 2.05) is 0 Å². The molecule has 0 spiro atoms. The number of hydrogen-bond donors (Lipinski definition) is 2. The highest BCUT2D eigenvalue weighted by molar-refractivity contribution is 5.96. The lowest BCUT2D eigenvalue weighted by Crippen LogP contribution is -2.54. The summed E-state index contributed by atoms with van der Waals surface area (Å²) in [4.78, 5) is 25.2. The maximum Gasteiger partial charge on any atom is 0.274 e. The Balaban J connectivity index is 2.16. The molecule has 1 amide bonds. The van der Waals surface area contributed by atoms with Crippen LogP contribution in [-0.2, 0) is 11.3 Å². The number of amides is 1. The zero-order valence-corrected chi connectivity index (χ0v) is 9.50. The molecule has 1 saturated heterocycles. The van der Waals surface area contributed by atoms with E-state index >= 15 is 0 Å². The molecule has 3 heterocycles. The number of hydrogen-bond acceptors (Lipinski definition) is 5. The molecule has 18 heavy (non-hydrogen) atoms. The third kappa shape index (κ3) is 1.40. The number of fused-ring (bicyclic) bond motifs is 2. The Morgan fingerprint density at radius 3 is 2.89 bits per heavy atom. The molecule has 1 aromatic rings. The summed E-state index contributed by atoms with van der Waals surface area (Å²) in [5.74, 6) is -1.65. The van der Waals surface area contributed by atoms with Crippen molar-refractivity contribution in [3.8, 4) is 11.5 Å². The number of pyridine rings is 1. The minimum absolute atomic E-state index is 0.0593. The van der Waals surface area contributed by atoms with E-state index in [1.54, 1.807) is 4.90 Å². The summed E-state index contributed by atoms with van der Waals surface area (Å²) in [7, 11) is 0. The topological polar surface area (TPSA) is 92.0 Å². The van der Waals surface area contributed by atoms with Crippen LogP contribution in [0.1, 0.15) is 10.5 Å². The third-order valence-electron chi connectivity index (χ3n) is 3.34. The highest BCUT2D eigenvalue weighted by Crippen LogP contribution is 2.26. The van der Waals surface area contributed by atoms with E-state index in [-0.39, 0.29) is 11.7 Å². The van der Waals surface area contributed by atoms with E-state index in [9.17, 15) is 19.8 Å². The first-order valence-electron chi connectivity index (χ1n) is 5.63. The molecule has 7 heteroatoms. The Labute approximate surface area is 102 Å². The van der Waals surface area contributed by atoms with E-state index in [1.165, 1.54) is 10.8 Å². The van der Waals surface area contributed by atoms with Gasteiger partial charge in [-0.1, -0.05) is 0 Å². The van der Waals surface area contributed by atoms with Crippen molar-refractivity contribution in [2.75, 3.05) is 19.8 Å². The maximum atomic E-state index is 12.2. The van der Waals surface area contributed by atoms with Crippen molar-refractivity contribution < 1.29 is 19.7 Å². The van der Waals surface area contributed by atoms with Gasteiger partial charge in [0, 0.05) is 13.1 Å². The van der Waals surface area contributed by atoms with Crippen LogP contribution in [0.5, 0.6) is 11.5 Å². The molecular weight excluding hydrogens is 240 g/mol. The fourth-order valence-electron chi connectivity index (χ4n) is 2.44. The Bertz CT molecular complexity index is 580. The van der Waals surface area contributed by atoms with Gasteiger partial charge in [-0.05, 0) is 0 Å². The van der Waals surface area contributed by atoms with Crippen LogP contribution in [-0.4, -0.2) is 51.4 Å². The van der Waals surface area contributed by atoms with Gasteiger partial charge < -0.3 is 24.4 Å². The molecule has 0 aliphatic carbocycles. The van der Waals surface area contributed by atoms with Crippen molar-refractivity contribution in [1.82, 2.24) is 9.47 Å². The summed E-state index contributed by atoms with van der Waals surface area (Å²) in [6, 6.07) is -0.125. The molecule has 0 saturated carbocycles. The van der Waals surface area contributed by atoms with Gasteiger partial charge in [-0.25, -0.2) is 0 Å². The van der Waals surface area contributed by atoms with Crippen molar-refractivity contribution in [2.45, 2.75) is 12.6 Å². The van der Waals surface area contributed by atoms with Crippen LogP contribution < -0.4 is 5.43 Å². The average Bonchev–Trinajstić information content (AvgIpc) is 2.36. The Morgan fingerprint density at radius 2 is 2.11 bits per heavy atom. The van der Waals surface area contributed by atoms with Crippen molar-refractivity contribution in [3.63, 3.8) is 0 Å². The maximum absolute atomic E-state index is 12.2. The fraction of sp³-hybridized carbons (Fsp3) is 0.455. The molecular formula is C11H12N2O5. The minimum Gasteiger partial charge on any atom is -0.503 e. The van der Waals surface area contributed by atoms with E-state index < -0.39 is 22.8 Å². The van der Waals surface area contributed by atoms with Crippen molar-refractivity contribution in [1.29, 1.82) is 0 Å². The smallest absolute Gasteiger partial charge is 0.274 e. The third-order valence-corrected chi connectivity index (χ3v) is 3.34. The van der Waals surface area contributed by atoms with Crippen LogP contribution in [0.2, 0.25) is 0 Å². The number of nitrogens with zero attached hydrogens (tertiary/aromatic N) is 2. The highest BCUT2D eigenvalue weighted by atomic mass is 16.5. The van der Waals surface area contributed by atoms with Crippen LogP contribution in [0.15, 0.2) is 11.0 Å². The predicted molar refractivity (Wildman–Crippen MR) is 59.7 cm³/mol. The molecule has 1 fully saturated rings. The number of carbonyl (C=O) groups is 1. The first kappa shape index (κ1) is 11.1. The van der Waals surface area contributed by atoms with Gasteiger partial charge in [-0.15, -0.1) is 0 Å². The number of morpholine rings is 1. The zero-order chi connectivity index (χ0) is 12.9. The van der Waals surface area contributed by atoms with Gasteiger partial charge in [0.2, 0.25) is 0 Å². The summed E-state index contributed by atoms with van der Waals surface area (Å²) < 4.78 is 6.70. The largest absolute Gasteiger partial charge is 0.503 e. The fourth-order valence-corrected chi connectivity index (χ4v) is 2.44. The van der Waals surface area contributed by atoms with Gasteiger partial charge >= 0.3 is 0 Å². The van der Waals surface area contributed by atoms with Gasteiger partial charge in [0.15, 0.2) is 17.2 Å². The summed E-state index contributed by atoms with van der Waals surface area (Å²) in [6.45, 7) is 1.70. The molecule has 2 N–H and O–H groups in total. The average molecular weight is 252 g/mol. The number of rotatable bonds is 0. The van der Waals surface area contributed by atoms with Crippen molar-refractivity contribution in [2.24, 2.45) is 0 Å². The Hall–Kier alpha value is -2.02. The number of ether oxygens (including phenoxy) is 1. The first-order chi connectivity index (χ1) is 8.59. The zero-order valence-electron chi connectivity index (χ0n) is 9.50. The summed E-state index contributed by atoms with van der Waals surface area (Å²) in [5.41, 5.74) is -0.975. The number of carbonyl (C=O) groups excluding carboxylic acids is 1. The normalized spacial score (nSPS) is 22.6. The van der Waals surface area contributed by atoms with Gasteiger partial charge in [-0.3, -0.25) is 9.59 Å². The van der Waals surface area contributed by atoms with Crippen LogP contribution in [0, 0.1) is 0 Å². The monoisotopic (exact) mass is 252 g/mol. The summed E-state index contributed by atoms with van der Waals surface area (Å²) in [6.07, 6.45) is 1.18. The molecule has 7 nitrogen and oxygen atoms in total.